The number of hydrogen-bond acceptors (Lipinski definition) is 3. The summed E-state index contributed by atoms with van der Waals surface area (Å²) in [5.41, 5.74) is 8.02. The normalized spacial score (nSPS) is 19.8. The van der Waals surface area contributed by atoms with Gasteiger partial charge < -0.3 is 20.8 Å². The van der Waals surface area contributed by atoms with Crippen molar-refractivity contribution < 1.29 is 18.7 Å². The largest absolute Gasteiger partial charge is 0.444 e. The number of aromatic amines is 1. The van der Waals surface area contributed by atoms with Gasteiger partial charge >= 0.3 is 6.09 Å². The van der Waals surface area contributed by atoms with Gasteiger partial charge in [-0.15, -0.1) is 0 Å². The lowest BCUT2D eigenvalue weighted by molar-refractivity contribution is 0.0505. The van der Waals surface area contributed by atoms with Crippen molar-refractivity contribution in [2.24, 2.45) is 5.73 Å². The summed E-state index contributed by atoms with van der Waals surface area (Å²) in [6.45, 7) is 9.24. The molecule has 0 radical (unpaired) electrons. The number of fused-ring (bicyclic) bond motifs is 1. The number of aryl methyl sites for hydroxylation is 2. The third kappa shape index (κ3) is 3.84. The molecule has 4 N–H and O–H groups in total. The van der Waals surface area contributed by atoms with E-state index in [0.717, 1.165) is 29.5 Å². The van der Waals surface area contributed by atoms with Gasteiger partial charge in [0.05, 0.1) is 11.1 Å². The molecule has 3 rings (SSSR count). The third-order valence-electron chi connectivity index (χ3n) is 5.39. The number of alkyl carbamates (subject to hydrolysis) is 1. The van der Waals surface area contributed by atoms with E-state index in [1.165, 1.54) is 6.07 Å². The summed E-state index contributed by atoms with van der Waals surface area (Å²) in [5, 5.41) is 3.62. The Morgan fingerprint density at radius 1 is 1.29 bits per heavy atom. The SMILES string of the molecule is Cc1[nH]c2c(C(N)=O)cc(F)c(C3CC[C@@H](NC(=O)OC(C)(C)C)C3)c2c1C. The second-order valence-corrected chi connectivity index (χ2v) is 8.66. The molecule has 1 heterocycles. The maximum atomic E-state index is 15.1. The average Bonchev–Trinajstić information content (AvgIpc) is 3.11. The Kier molecular flexibility index (Phi) is 5.12. The molecule has 1 aromatic carbocycles. The first-order valence-corrected chi connectivity index (χ1v) is 9.58. The maximum absolute atomic E-state index is 15.1. The molecule has 1 saturated carbocycles. The molecule has 2 atom stereocenters. The minimum Gasteiger partial charge on any atom is -0.444 e. The number of halogens is 1. The summed E-state index contributed by atoms with van der Waals surface area (Å²) in [7, 11) is 0. The molecule has 28 heavy (non-hydrogen) atoms. The van der Waals surface area contributed by atoms with Crippen LogP contribution in [0.3, 0.4) is 0 Å². The van der Waals surface area contributed by atoms with Gasteiger partial charge in [0.2, 0.25) is 0 Å². The van der Waals surface area contributed by atoms with Crippen LogP contribution in [0.4, 0.5) is 9.18 Å². The van der Waals surface area contributed by atoms with Crippen molar-refractivity contribution in [2.45, 2.75) is 71.4 Å². The lowest BCUT2D eigenvalue weighted by Gasteiger charge is -2.22. The fourth-order valence-corrected chi connectivity index (χ4v) is 4.10. The van der Waals surface area contributed by atoms with Crippen LogP contribution < -0.4 is 11.1 Å². The van der Waals surface area contributed by atoms with Gasteiger partial charge in [-0.2, -0.15) is 0 Å². The summed E-state index contributed by atoms with van der Waals surface area (Å²) < 4.78 is 20.4. The summed E-state index contributed by atoms with van der Waals surface area (Å²) in [5.74, 6) is -1.14. The van der Waals surface area contributed by atoms with Crippen LogP contribution in [0.15, 0.2) is 6.07 Å². The van der Waals surface area contributed by atoms with Crippen LogP contribution in [-0.4, -0.2) is 28.6 Å². The first-order valence-electron chi connectivity index (χ1n) is 9.58. The Morgan fingerprint density at radius 3 is 2.57 bits per heavy atom. The summed E-state index contributed by atoms with van der Waals surface area (Å²) >= 11 is 0. The standard InChI is InChI=1S/C21H28FN3O3/c1-10-11(2)24-18-14(19(23)26)9-15(22)17(16(10)18)12-6-7-13(8-12)25-20(27)28-21(3,4)5/h9,12-13,24H,6-8H2,1-5H3,(H2,23,26)(H,25,27)/t12?,13-/m1/s1. The number of nitrogens with one attached hydrogen (secondary N) is 2. The summed E-state index contributed by atoms with van der Waals surface area (Å²) in [6, 6.07) is 1.15. The highest BCUT2D eigenvalue weighted by Crippen LogP contribution is 2.42. The smallest absolute Gasteiger partial charge is 0.407 e. The average molecular weight is 389 g/mol. The molecule has 1 aromatic heterocycles. The molecule has 6 nitrogen and oxygen atoms in total. The molecule has 0 saturated heterocycles. The number of aromatic nitrogens is 1. The van der Waals surface area contributed by atoms with Gasteiger partial charge in [-0.1, -0.05) is 0 Å². The van der Waals surface area contributed by atoms with E-state index in [9.17, 15) is 9.59 Å². The van der Waals surface area contributed by atoms with Crippen molar-refractivity contribution in [3.63, 3.8) is 0 Å². The molecule has 152 valence electrons. The number of ether oxygens (including phenoxy) is 1. The highest BCUT2D eigenvalue weighted by Gasteiger charge is 2.33. The number of hydrogen-bond donors (Lipinski definition) is 3. The fourth-order valence-electron chi connectivity index (χ4n) is 4.10. The second kappa shape index (κ2) is 7.11. The first-order chi connectivity index (χ1) is 13.0. The third-order valence-corrected chi connectivity index (χ3v) is 5.39. The van der Waals surface area contributed by atoms with E-state index in [0.29, 0.717) is 17.5 Å². The number of amides is 2. The van der Waals surface area contributed by atoms with Gasteiger partial charge in [-0.05, 0) is 71.4 Å². The van der Waals surface area contributed by atoms with Crippen LogP contribution in [0.25, 0.3) is 10.9 Å². The molecule has 1 unspecified atom stereocenters. The Morgan fingerprint density at radius 2 is 1.96 bits per heavy atom. The monoisotopic (exact) mass is 389 g/mol. The Hall–Kier alpha value is -2.57. The van der Waals surface area contributed by atoms with Crippen LogP contribution in [-0.2, 0) is 4.74 Å². The minimum atomic E-state index is -0.660. The van der Waals surface area contributed by atoms with Crippen molar-refractivity contribution in [1.29, 1.82) is 0 Å². The van der Waals surface area contributed by atoms with Crippen molar-refractivity contribution in [2.75, 3.05) is 0 Å². The quantitative estimate of drug-likeness (QED) is 0.734. The van der Waals surface area contributed by atoms with Crippen molar-refractivity contribution in [1.82, 2.24) is 10.3 Å². The van der Waals surface area contributed by atoms with Gasteiger partial charge in [-0.25, -0.2) is 9.18 Å². The molecule has 1 fully saturated rings. The zero-order valence-corrected chi connectivity index (χ0v) is 17.0. The number of nitrogens with two attached hydrogens (primary N) is 1. The zero-order valence-electron chi connectivity index (χ0n) is 17.0. The predicted molar refractivity (Wildman–Crippen MR) is 106 cm³/mol. The van der Waals surface area contributed by atoms with Crippen molar-refractivity contribution in [3.05, 3.63) is 34.3 Å². The molecule has 0 aliphatic heterocycles. The Balaban J connectivity index is 1.91. The number of carbonyl (C=O) groups excluding carboxylic acids is 2. The van der Waals surface area contributed by atoms with Gasteiger partial charge in [0.1, 0.15) is 11.4 Å². The van der Waals surface area contributed by atoms with Gasteiger partial charge in [0.25, 0.3) is 5.91 Å². The molecule has 2 aromatic rings. The van der Waals surface area contributed by atoms with Crippen LogP contribution in [0.1, 0.15) is 73.1 Å². The first kappa shape index (κ1) is 20.2. The van der Waals surface area contributed by atoms with Gasteiger partial charge in [-0.3, -0.25) is 4.79 Å². The van der Waals surface area contributed by atoms with Crippen LogP contribution in [0, 0.1) is 19.7 Å². The van der Waals surface area contributed by atoms with Crippen LogP contribution in [0.2, 0.25) is 0 Å². The fraction of sp³-hybridized carbons (Fsp3) is 0.524. The number of primary amides is 1. The van der Waals surface area contributed by atoms with Gasteiger partial charge in [0.15, 0.2) is 0 Å². The number of H-pyrrole nitrogens is 1. The molecule has 0 spiro atoms. The highest BCUT2D eigenvalue weighted by atomic mass is 19.1. The molecule has 2 amide bonds. The number of rotatable bonds is 3. The Bertz CT molecular complexity index is 943. The van der Waals surface area contributed by atoms with E-state index in [2.05, 4.69) is 10.3 Å². The van der Waals surface area contributed by atoms with E-state index in [4.69, 9.17) is 10.5 Å². The molecule has 0 bridgehead atoms. The molecule has 1 aliphatic carbocycles. The van der Waals surface area contributed by atoms with Crippen molar-refractivity contribution in [3.8, 4) is 0 Å². The zero-order chi connectivity index (χ0) is 20.8. The van der Waals surface area contributed by atoms with Gasteiger partial charge in [0, 0.05) is 22.7 Å². The Labute approximate surface area is 164 Å². The molecular formula is C21H28FN3O3. The van der Waals surface area contributed by atoms with Crippen LogP contribution >= 0.6 is 0 Å². The van der Waals surface area contributed by atoms with E-state index >= 15 is 4.39 Å². The lowest BCUT2D eigenvalue weighted by Crippen LogP contribution is -2.37. The number of benzene rings is 1. The van der Waals surface area contributed by atoms with E-state index < -0.39 is 23.4 Å². The molecular weight excluding hydrogens is 361 g/mol. The second-order valence-electron chi connectivity index (χ2n) is 8.66. The predicted octanol–water partition coefficient (Wildman–Crippen LogP) is 4.18. The van der Waals surface area contributed by atoms with Crippen molar-refractivity contribution >= 4 is 22.9 Å². The maximum Gasteiger partial charge on any atom is 0.407 e. The van der Waals surface area contributed by atoms with E-state index in [1.807, 2.05) is 34.6 Å². The van der Waals surface area contributed by atoms with E-state index in [-0.39, 0.29) is 17.5 Å². The van der Waals surface area contributed by atoms with Crippen LogP contribution in [0.5, 0.6) is 0 Å². The summed E-state index contributed by atoms with van der Waals surface area (Å²) in [4.78, 5) is 27.0. The number of carbonyl (C=O) groups is 2. The highest BCUT2D eigenvalue weighted by molar-refractivity contribution is 6.07. The molecule has 7 heteroatoms. The van der Waals surface area contributed by atoms with E-state index in [1.54, 1.807) is 0 Å². The summed E-state index contributed by atoms with van der Waals surface area (Å²) in [6.07, 6.45) is 1.64. The lowest BCUT2D eigenvalue weighted by atomic mass is 9.90. The minimum absolute atomic E-state index is 0.0572. The topological polar surface area (TPSA) is 97.2 Å². The molecule has 1 aliphatic rings.